The fraction of sp³-hybridized carbons (Fsp3) is 0.250. The summed E-state index contributed by atoms with van der Waals surface area (Å²) in [6, 6.07) is 5.26. The summed E-state index contributed by atoms with van der Waals surface area (Å²) in [4.78, 5) is 10.7. The lowest BCUT2D eigenvalue weighted by Crippen LogP contribution is -2.24. The van der Waals surface area contributed by atoms with Gasteiger partial charge in [0, 0.05) is 6.54 Å². The third-order valence-corrected chi connectivity index (χ3v) is 3.69. The zero-order chi connectivity index (χ0) is 13.6. The summed E-state index contributed by atoms with van der Waals surface area (Å²) in [5.41, 5.74) is -0.0497. The summed E-state index contributed by atoms with van der Waals surface area (Å²) < 4.78 is 26.1. The van der Waals surface area contributed by atoms with Crippen molar-refractivity contribution in [2.24, 2.45) is 0 Å². The molecule has 0 aliphatic rings. The normalized spacial score (nSPS) is 11.8. The Hall–Kier alpha value is -1.66. The molecule has 0 aromatic heterocycles. The monoisotopic (exact) mass is 269 g/mol. The van der Waals surface area contributed by atoms with Gasteiger partial charge in [-0.3, -0.25) is 0 Å². The van der Waals surface area contributed by atoms with Gasteiger partial charge in [-0.25, -0.2) is 17.9 Å². The van der Waals surface area contributed by atoms with E-state index in [-0.39, 0.29) is 17.0 Å². The predicted octanol–water partition coefficient (Wildman–Crippen LogP) is 1.63. The molecule has 0 spiro atoms. The summed E-state index contributed by atoms with van der Waals surface area (Å²) in [5, 5.41) is 8.80. The smallest absolute Gasteiger partial charge is 0.335 e. The number of sulfonamides is 1. The Morgan fingerprint density at radius 2 is 2.17 bits per heavy atom. The molecule has 0 atom stereocenters. The first-order valence-electron chi connectivity index (χ1n) is 5.41. The molecular formula is C12H15NO4S. The van der Waals surface area contributed by atoms with Crippen molar-refractivity contribution < 1.29 is 18.3 Å². The van der Waals surface area contributed by atoms with Gasteiger partial charge >= 0.3 is 5.97 Å². The number of hydrogen-bond acceptors (Lipinski definition) is 3. The van der Waals surface area contributed by atoms with Gasteiger partial charge in [0.2, 0.25) is 10.0 Å². The van der Waals surface area contributed by atoms with E-state index in [2.05, 4.69) is 4.72 Å². The van der Waals surface area contributed by atoms with E-state index in [0.717, 1.165) is 6.07 Å². The average molecular weight is 269 g/mol. The van der Waals surface area contributed by atoms with Gasteiger partial charge < -0.3 is 5.11 Å². The fourth-order valence-electron chi connectivity index (χ4n) is 1.32. The van der Waals surface area contributed by atoms with E-state index in [1.807, 2.05) is 19.1 Å². The van der Waals surface area contributed by atoms with Gasteiger partial charge in [-0.1, -0.05) is 18.2 Å². The Bertz CT molecular complexity index is 549. The van der Waals surface area contributed by atoms with Gasteiger partial charge in [-0.2, -0.15) is 0 Å². The Morgan fingerprint density at radius 1 is 1.44 bits per heavy atom. The molecule has 1 aromatic rings. The molecule has 2 N–H and O–H groups in total. The van der Waals surface area contributed by atoms with Crippen molar-refractivity contribution >= 4 is 16.0 Å². The van der Waals surface area contributed by atoms with Crippen LogP contribution in [0.4, 0.5) is 0 Å². The van der Waals surface area contributed by atoms with E-state index in [0.29, 0.717) is 6.42 Å². The van der Waals surface area contributed by atoms with Gasteiger partial charge in [0.05, 0.1) is 10.5 Å². The van der Waals surface area contributed by atoms with Crippen LogP contribution in [0.5, 0.6) is 0 Å². The number of rotatable bonds is 6. The number of benzene rings is 1. The van der Waals surface area contributed by atoms with Crippen molar-refractivity contribution in [3.63, 3.8) is 0 Å². The first kappa shape index (κ1) is 14.4. The minimum atomic E-state index is -3.64. The molecule has 1 aromatic carbocycles. The van der Waals surface area contributed by atoms with E-state index in [1.54, 1.807) is 0 Å². The van der Waals surface area contributed by atoms with Crippen LogP contribution in [0.2, 0.25) is 0 Å². The number of hydrogen-bond donors (Lipinski definition) is 2. The van der Waals surface area contributed by atoms with Crippen LogP contribution in [-0.4, -0.2) is 26.0 Å². The van der Waals surface area contributed by atoms with Gasteiger partial charge in [-0.15, -0.1) is 0 Å². The van der Waals surface area contributed by atoms with E-state index in [1.165, 1.54) is 18.2 Å². The van der Waals surface area contributed by atoms with Crippen LogP contribution in [0, 0.1) is 0 Å². The highest BCUT2D eigenvalue weighted by Gasteiger charge is 2.14. The summed E-state index contributed by atoms with van der Waals surface area (Å²) in [5.74, 6) is -1.15. The highest BCUT2D eigenvalue weighted by atomic mass is 32.2. The average Bonchev–Trinajstić information content (AvgIpc) is 2.35. The second kappa shape index (κ2) is 6.32. The third-order valence-electron chi connectivity index (χ3n) is 2.23. The van der Waals surface area contributed by atoms with Crippen LogP contribution in [0.25, 0.3) is 0 Å². The van der Waals surface area contributed by atoms with E-state index >= 15 is 0 Å². The van der Waals surface area contributed by atoms with E-state index in [4.69, 9.17) is 5.11 Å². The van der Waals surface area contributed by atoms with Gasteiger partial charge in [-0.05, 0) is 31.5 Å². The summed E-state index contributed by atoms with van der Waals surface area (Å²) in [7, 11) is -3.64. The second-order valence-electron chi connectivity index (χ2n) is 3.59. The number of carboxylic acids is 1. The fourth-order valence-corrected chi connectivity index (χ4v) is 2.42. The van der Waals surface area contributed by atoms with Crippen molar-refractivity contribution in [1.29, 1.82) is 0 Å². The van der Waals surface area contributed by atoms with Crippen molar-refractivity contribution in [1.82, 2.24) is 4.72 Å². The molecule has 18 heavy (non-hydrogen) atoms. The van der Waals surface area contributed by atoms with Crippen LogP contribution < -0.4 is 4.72 Å². The molecule has 0 amide bonds. The van der Waals surface area contributed by atoms with Gasteiger partial charge in [0.15, 0.2) is 0 Å². The van der Waals surface area contributed by atoms with Crippen molar-refractivity contribution in [3.8, 4) is 0 Å². The highest BCUT2D eigenvalue weighted by molar-refractivity contribution is 7.89. The maximum absolute atomic E-state index is 11.8. The number of aromatic carboxylic acids is 1. The quantitative estimate of drug-likeness (QED) is 0.607. The minimum absolute atomic E-state index is 0.0390. The molecule has 98 valence electrons. The third kappa shape index (κ3) is 3.97. The zero-order valence-corrected chi connectivity index (χ0v) is 10.8. The SMILES string of the molecule is C/C=C/CCNS(=O)(=O)c1cccc(C(=O)O)c1. The topological polar surface area (TPSA) is 83.5 Å². The molecule has 6 heteroatoms. The van der Waals surface area contributed by atoms with Crippen molar-refractivity contribution in [2.45, 2.75) is 18.2 Å². The molecule has 0 heterocycles. The minimum Gasteiger partial charge on any atom is -0.478 e. The van der Waals surface area contributed by atoms with Crippen LogP contribution >= 0.6 is 0 Å². The van der Waals surface area contributed by atoms with Gasteiger partial charge in [0.1, 0.15) is 0 Å². The summed E-state index contributed by atoms with van der Waals surface area (Å²) in [6.45, 7) is 2.13. The maximum Gasteiger partial charge on any atom is 0.335 e. The number of carbonyl (C=O) groups is 1. The lowest BCUT2D eigenvalue weighted by Gasteiger charge is -2.06. The Balaban J connectivity index is 2.84. The molecule has 0 unspecified atom stereocenters. The number of nitrogens with one attached hydrogen (secondary N) is 1. The Kier molecular flexibility index (Phi) is 5.06. The molecule has 0 radical (unpaired) electrons. The lowest BCUT2D eigenvalue weighted by atomic mass is 10.2. The predicted molar refractivity (Wildman–Crippen MR) is 68.0 cm³/mol. The summed E-state index contributed by atoms with van der Waals surface area (Å²) >= 11 is 0. The molecular weight excluding hydrogens is 254 g/mol. The zero-order valence-electron chi connectivity index (χ0n) is 9.96. The maximum atomic E-state index is 11.8. The number of carboxylic acid groups (broad SMARTS) is 1. The van der Waals surface area contributed by atoms with Crippen LogP contribution in [0.3, 0.4) is 0 Å². The molecule has 0 saturated carbocycles. The van der Waals surface area contributed by atoms with Crippen molar-refractivity contribution in [3.05, 3.63) is 42.0 Å². The second-order valence-corrected chi connectivity index (χ2v) is 5.36. The lowest BCUT2D eigenvalue weighted by molar-refractivity contribution is 0.0696. The largest absolute Gasteiger partial charge is 0.478 e. The Labute approximate surface area is 106 Å². The Morgan fingerprint density at radius 3 is 2.78 bits per heavy atom. The van der Waals surface area contributed by atoms with E-state index in [9.17, 15) is 13.2 Å². The number of allylic oxidation sites excluding steroid dienone is 1. The van der Waals surface area contributed by atoms with Crippen molar-refractivity contribution in [2.75, 3.05) is 6.54 Å². The first-order chi connectivity index (χ1) is 8.47. The molecule has 5 nitrogen and oxygen atoms in total. The van der Waals surface area contributed by atoms with Crippen LogP contribution in [0.1, 0.15) is 23.7 Å². The molecule has 0 saturated heterocycles. The molecule has 1 rings (SSSR count). The van der Waals surface area contributed by atoms with Crippen LogP contribution in [0.15, 0.2) is 41.3 Å². The van der Waals surface area contributed by atoms with E-state index < -0.39 is 16.0 Å². The van der Waals surface area contributed by atoms with Gasteiger partial charge in [0.25, 0.3) is 0 Å². The standard InChI is InChI=1S/C12H15NO4S/c1-2-3-4-8-13-18(16,17)11-7-5-6-10(9-11)12(14)15/h2-3,5-7,9,13H,4,8H2,1H3,(H,14,15)/b3-2+. The molecule has 0 aliphatic carbocycles. The molecule has 0 aliphatic heterocycles. The summed E-state index contributed by atoms with van der Waals surface area (Å²) in [6.07, 6.45) is 4.27. The first-order valence-corrected chi connectivity index (χ1v) is 6.90. The molecule has 0 bridgehead atoms. The highest BCUT2D eigenvalue weighted by Crippen LogP contribution is 2.11. The van der Waals surface area contributed by atoms with Crippen LogP contribution in [-0.2, 0) is 10.0 Å². The molecule has 0 fully saturated rings.